The van der Waals surface area contributed by atoms with Gasteiger partial charge >= 0.3 is 5.97 Å². The third kappa shape index (κ3) is 4.09. The molecule has 3 nitrogen and oxygen atoms in total. The van der Waals surface area contributed by atoms with E-state index in [0.717, 1.165) is 5.92 Å². The molecule has 1 saturated carbocycles. The molecule has 1 fully saturated rings. The van der Waals surface area contributed by atoms with Gasteiger partial charge in [0.25, 0.3) is 0 Å². The van der Waals surface area contributed by atoms with Crippen LogP contribution in [0.25, 0.3) is 0 Å². The standard InChI is InChI=1S/C11H21NO2/c1-9(12-8-7-11(13)14)10-5-3-2-4-6-10/h9-10,12H,2-8H2,1H3,(H,13,14)/t9-/m0/s1. The summed E-state index contributed by atoms with van der Waals surface area (Å²) in [7, 11) is 0. The van der Waals surface area contributed by atoms with Gasteiger partial charge in [-0.3, -0.25) is 4.79 Å². The van der Waals surface area contributed by atoms with Crippen molar-refractivity contribution in [1.29, 1.82) is 0 Å². The molecule has 1 rings (SSSR count). The molecule has 82 valence electrons. The second-order valence-electron chi connectivity index (χ2n) is 4.28. The van der Waals surface area contributed by atoms with Crippen LogP contribution in [-0.2, 0) is 4.79 Å². The maximum Gasteiger partial charge on any atom is 0.304 e. The fourth-order valence-corrected chi connectivity index (χ4v) is 2.21. The quantitative estimate of drug-likeness (QED) is 0.712. The van der Waals surface area contributed by atoms with Crippen LogP contribution >= 0.6 is 0 Å². The summed E-state index contributed by atoms with van der Waals surface area (Å²) in [5.74, 6) is 0.0471. The Bertz CT molecular complexity index is 176. The predicted molar refractivity (Wildman–Crippen MR) is 56.3 cm³/mol. The minimum Gasteiger partial charge on any atom is -0.481 e. The van der Waals surface area contributed by atoms with Gasteiger partial charge in [0.2, 0.25) is 0 Å². The van der Waals surface area contributed by atoms with Crippen molar-refractivity contribution in [2.24, 2.45) is 5.92 Å². The van der Waals surface area contributed by atoms with Gasteiger partial charge in [0.05, 0.1) is 6.42 Å². The Kier molecular flexibility index (Phi) is 4.94. The lowest BCUT2D eigenvalue weighted by atomic mass is 9.84. The number of hydrogen-bond donors (Lipinski definition) is 2. The van der Waals surface area contributed by atoms with Gasteiger partial charge in [-0.15, -0.1) is 0 Å². The first-order valence-electron chi connectivity index (χ1n) is 5.65. The van der Waals surface area contributed by atoms with Crippen LogP contribution in [0.5, 0.6) is 0 Å². The molecule has 0 heterocycles. The molecule has 0 radical (unpaired) electrons. The highest BCUT2D eigenvalue weighted by molar-refractivity contribution is 5.66. The van der Waals surface area contributed by atoms with Gasteiger partial charge < -0.3 is 10.4 Å². The Balaban J connectivity index is 2.13. The van der Waals surface area contributed by atoms with Gasteiger partial charge in [0.15, 0.2) is 0 Å². The van der Waals surface area contributed by atoms with Crippen molar-refractivity contribution < 1.29 is 9.90 Å². The first kappa shape index (κ1) is 11.5. The fraction of sp³-hybridized carbons (Fsp3) is 0.909. The van der Waals surface area contributed by atoms with Crippen LogP contribution in [0.3, 0.4) is 0 Å². The van der Waals surface area contributed by atoms with Gasteiger partial charge in [0.1, 0.15) is 0 Å². The van der Waals surface area contributed by atoms with E-state index in [-0.39, 0.29) is 6.42 Å². The third-order valence-corrected chi connectivity index (χ3v) is 3.16. The van der Waals surface area contributed by atoms with E-state index >= 15 is 0 Å². The number of carboxylic acid groups (broad SMARTS) is 1. The highest BCUT2D eigenvalue weighted by Gasteiger charge is 2.19. The molecule has 14 heavy (non-hydrogen) atoms. The van der Waals surface area contributed by atoms with E-state index < -0.39 is 5.97 Å². The van der Waals surface area contributed by atoms with Crippen LogP contribution in [0.15, 0.2) is 0 Å². The first-order valence-corrected chi connectivity index (χ1v) is 5.65. The summed E-state index contributed by atoms with van der Waals surface area (Å²) < 4.78 is 0. The molecule has 0 unspecified atom stereocenters. The topological polar surface area (TPSA) is 49.3 Å². The monoisotopic (exact) mass is 199 g/mol. The lowest BCUT2D eigenvalue weighted by Crippen LogP contribution is -2.35. The minimum absolute atomic E-state index is 0.233. The van der Waals surface area contributed by atoms with E-state index in [4.69, 9.17) is 5.11 Å². The summed E-state index contributed by atoms with van der Waals surface area (Å²) in [5.41, 5.74) is 0. The average molecular weight is 199 g/mol. The number of carboxylic acids is 1. The molecule has 0 aliphatic heterocycles. The van der Waals surface area contributed by atoms with Crippen molar-refractivity contribution >= 4 is 5.97 Å². The minimum atomic E-state index is -0.714. The second kappa shape index (κ2) is 6.02. The molecule has 3 heteroatoms. The Morgan fingerprint density at radius 3 is 2.64 bits per heavy atom. The van der Waals surface area contributed by atoms with E-state index in [2.05, 4.69) is 12.2 Å². The summed E-state index contributed by atoms with van der Waals surface area (Å²) in [6, 6.07) is 0.481. The maximum atomic E-state index is 10.3. The van der Waals surface area contributed by atoms with Crippen LogP contribution in [0.4, 0.5) is 0 Å². The lowest BCUT2D eigenvalue weighted by molar-refractivity contribution is -0.136. The van der Waals surface area contributed by atoms with Gasteiger partial charge in [0, 0.05) is 12.6 Å². The zero-order chi connectivity index (χ0) is 10.4. The molecule has 0 spiro atoms. The maximum absolute atomic E-state index is 10.3. The number of hydrogen-bond acceptors (Lipinski definition) is 2. The summed E-state index contributed by atoms with van der Waals surface area (Å²) in [6.07, 6.45) is 6.91. The Morgan fingerprint density at radius 1 is 1.43 bits per heavy atom. The van der Waals surface area contributed by atoms with Crippen LogP contribution in [0.2, 0.25) is 0 Å². The zero-order valence-corrected chi connectivity index (χ0v) is 8.96. The van der Waals surface area contributed by atoms with E-state index in [0.29, 0.717) is 12.6 Å². The van der Waals surface area contributed by atoms with Crippen LogP contribution in [0.1, 0.15) is 45.4 Å². The molecule has 0 aromatic rings. The third-order valence-electron chi connectivity index (χ3n) is 3.16. The fourth-order valence-electron chi connectivity index (χ4n) is 2.21. The number of rotatable bonds is 5. The van der Waals surface area contributed by atoms with Gasteiger partial charge in [-0.25, -0.2) is 0 Å². The summed E-state index contributed by atoms with van der Waals surface area (Å²) in [4.78, 5) is 10.3. The van der Waals surface area contributed by atoms with E-state index in [1.165, 1.54) is 32.1 Å². The molecule has 1 aliphatic carbocycles. The largest absolute Gasteiger partial charge is 0.481 e. The van der Waals surface area contributed by atoms with E-state index in [1.54, 1.807) is 0 Å². The molecule has 0 aromatic heterocycles. The van der Waals surface area contributed by atoms with Crippen LogP contribution in [-0.4, -0.2) is 23.7 Å². The van der Waals surface area contributed by atoms with Crippen molar-refractivity contribution in [3.05, 3.63) is 0 Å². The first-order chi connectivity index (χ1) is 6.70. The molecule has 0 saturated heterocycles. The second-order valence-corrected chi connectivity index (χ2v) is 4.28. The van der Waals surface area contributed by atoms with Gasteiger partial charge in [-0.2, -0.15) is 0 Å². The number of aliphatic carboxylic acids is 1. The van der Waals surface area contributed by atoms with Gasteiger partial charge in [-0.05, 0) is 25.7 Å². The molecule has 1 aliphatic rings. The normalized spacial score (nSPS) is 20.6. The van der Waals surface area contributed by atoms with Crippen molar-refractivity contribution in [1.82, 2.24) is 5.32 Å². The van der Waals surface area contributed by atoms with Crippen molar-refractivity contribution in [2.75, 3.05) is 6.54 Å². The molecule has 0 bridgehead atoms. The number of nitrogens with one attached hydrogen (secondary N) is 1. The molecule has 2 N–H and O–H groups in total. The molecule has 1 atom stereocenters. The van der Waals surface area contributed by atoms with Crippen molar-refractivity contribution in [2.45, 2.75) is 51.5 Å². The lowest BCUT2D eigenvalue weighted by Gasteiger charge is -2.28. The Labute approximate surface area is 85.9 Å². The highest BCUT2D eigenvalue weighted by atomic mass is 16.4. The van der Waals surface area contributed by atoms with Crippen LogP contribution in [0, 0.1) is 5.92 Å². The summed E-state index contributed by atoms with van der Waals surface area (Å²) >= 11 is 0. The van der Waals surface area contributed by atoms with Crippen LogP contribution < -0.4 is 5.32 Å². The SMILES string of the molecule is C[C@H](NCCC(=O)O)C1CCCCC1. The van der Waals surface area contributed by atoms with E-state index in [1.807, 2.05) is 0 Å². The van der Waals surface area contributed by atoms with Crippen molar-refractivity contribution in [3.8, 4) is 0 Å². The van der Waals surface area contributed by atoms with Crippen molar-refractivity contribution in [3.63, 3.8) is 0 Å². The highest BCUT2D eigenvalue weighted by Crippen LogP contribution is 2.26. The summed E-state index contributed by atoms with van der Waals surface area (Å²) in [6.45, 7) is 2.78. The van der Waals surface area contributed by atoms with E-state index in [9.17, 15) is 4.79 Å². The molecular weight excluding hydrogens is 178 g/mol. The van der Waals surface area contributed by atoms with Gasteiger partial charge in [-0.1, -0.05) is 19.3 Å². The average Bonchev–Trinajstić information content (AvgIpc) is 2.18. The Morgan fingerprint density at radius 2 is 2.07 bits per heavy atom. The molecule has 0 amide bonds. The number of carbonyl (C=O) groups is 1. The smallest absolute Gasteiger partial charge is 0.304 e. The summed E-state index contributed by atoms with van der Waals surface area (Å²) in [5, 5.41) is 11.8. The predicted octanol–water partition coefficient (Wildman–Crippen LogP) is 2.02. The molecular formula is C11H21NO2. The zero-order valence-electron chi connectivity index (χ0n) is 8.96. The molecule has 0 aromatic carbocycles. The Hall–Kier alpha value is -0.570.